The molecule has 0 saturated carbocycles. The second-order valence-electron chi connectivity index (χ2n) is 7.10. The van der Waals surface area contributed by atoms with E-state index in [9.17, 15) is 13.4 Å². The van der Waals surface area contributed by atoms with Crippen LogP contribution in [0.3, 0.4) is 0 Å². The maximum Gasteiger partial charge on any atom is 0.590 e. The normalized spacial score (nSPS) is 10.9. The lowest BCUT2D eigenvalue weighted by Gasteiger charge is -2.09. The zero-order chi connectivity index (χ0) is 22.8. The van der Waals surface area contributed by atoms with Crippen LogP contribution in [0.5, 0.6) is 5.75 Å². The minimum absolute atomic E-state index is 0.130. The van der Waals surface area contributed by atoms with Crippen LogP contribution >= 0.6 is 0 Å². The third-order valence-electron chi connectivity index (χ3n) is 4.93. The van der Waals surface area contributed by atoms with Crippen LogP contribution in [0.4, 0.5) is 14.3 Å². The van der Waals surface area contributed by atoms with Gasteiger partial charge in [0.1, 0.15) is 17.0 Å². The summed E-state index contributed by atoms with van der Waals surface area (Å²) in [6.45, 7) is 1.90. The Morgan fingerprint density at radius 2 is 2.00 bits per heavy atom. The van der Waals surface area contributed by atoms with Crippen molar-refractivity contribution < 1.29 is 22.6 Å². The monoisotopic (exact) mass is 436 g/mol. The molecule has 0 fully saturated rings. The fraction of sp³-hybridized carbons (Fsp3) is 0.136. The number of aryl methyl sites for hydroxylation is 1. The Labute approximate surface area is 182 Å². The lowest BCUT2D eigenvalue weighted by atomic mass is 9.91. The smallest absolute Gasteiger partial charge is 0.494 e. The zero-order valence-corrected chi connectivity index (χ0v) is 17.4. The standard InChI is InChI=1S/C22H19BF2N4O3/c1-12-19(21(30)27-11-13-4-3-5-14(26)10-13)29-22(32-12)16-6-8-17(31-2)20-15(16)7-9-18(28-20)23(24)25/h3-10H,11,26H2,1-2H3,(H,27,30). The van der Waals surface area contributed by atoms with E-state index < -0.39 is 13.2 Å². The van der Waals surface area contributed by atoms with Gasteiger partial charge in [-0.1, -0.05) is 18.2 Å². The summed E-state index contributed by atoms with van der Waals surface area (Å²) in [7, 11) is -1.28. The molecule has 2 aromatic heterocycles. The number of ether oxygens (including phenoxy) is 1. The average Bonchev–Trinajstić information content (AvgIpc) is 3.17. The molecule has 3 N–H and O–H groups in total. The predicted octanol–water partition coefficient (Wildman–Crippen LogP) is 3.35. The van der Waals surface area contributed by atoms with Crippen molar-refractivity contribution in [1.29, 1.82) is 0 Å². The number of carbonyl (C=O) groups excluding carboxylic acids is 1. The van der Waals surface area contributed by atoms with Crippen LogP contribution in [0.2, 0.25) is 0 Å². The summed E-state index contributed by atoms with van der Waals surface area (Å²) in [5.74, 6) is 0.438. The van der Waals surface area contributed by atoms with Crippen LogP contribution in [-0.2, 0) is 6.54 Å². The molecule has 162 valence electrons. The molecule has 2 heterocycles. The first-order chi connectivity index (χ1) is 15.4. The Hall–Kier alpha value is -3.95. The van der Waals surface area contributed by atoms with Gasteiger partial charge in [0.2, 0.25) is 5.89 Å². The lowest BCUT2D eigenvalue weighted by molar-refractivity contribution is 0.0945. The second kappa shape index (κ2) is 8.66. The number of nitrogens with zero attached hydrogens (tertiary/aromatic N) is 2. The first-order valence-corrected chi connectivity index (χ1v) is 9.73. The molecule has 1 amide bonds. The van der Waals surface area contributed by atoms with E-state index in [0.717, 1.165) is 5.56 Å². The topological polar surface area (TPSA) is 103 Å². The number of oxazole rings is 1. The van der Waals surface area contributed by atoms with Crippen molar-refractivity contribution >= 4 is 35.4 Å². The Bertz CT molecular complexity index is 1310. The number of methoxy groups -OCH3 is 1. The summed E-state index contributed by atoms with van der Waals surface area (Å²) >= 11 is 0. The summed E-state index contributed by atoms with van der Waals surface area (Å²) in [5.41, 5.74) is 7.75. The Balaban J connectivity index is 1.66. The van der Waals surface area contributed by atoms with Crippen molar-refractivity contribution in [2.45, 2.75) is 13.5 Å². The van der Waals surface area contributed by atoms with Gasteiger partial charge < -0.3 is 20.2 Å². The number of nitrogens with two attached hydrogens (primary N) is 1. The third kappa shape index (κ3) is 4.11. The summed E-state index contributed by atoms with van der Waals surface area (Å²) in [6.07, 6.45) is 0. The molecule has 0 saturated heterocycles. The number of hydrogen-bond acceptors (Lipinski definition) is 6. The van der Waals surface area contributed by atoms with Crippen LogP contribution in [-0.4, -0.2) is 30.3 Å². The third-order valence-corrected chi connectivity index (χ3v) is 4.93. The molecule has 0 aliphatic heterocycles. The molecule has 4 aromatic rings. The highest BCUT2D eigenvalue weighted by Crippen LogP contribution is 2.33. The molecule has 10 heteroatoms. The van der Waals surface area contributed by atoms with E-state index in [1.54, 1.807) is 37.3 Å². The molecule has 0 radical (unpaired) electrons. The van der Waals surface area contributed by atoms with Crippen LogP contribution < -0.4 is 21.4 Å². The number of anilines is 1. The molecular formula is C22H19BF2N4O3. The molecule has 0 bridgehead atoms. The molecule has 32 heavy (non-hydrogen) atoms. The highest BCUT2D eigenvalue weighted by atomic mass is 19.2. The first-order valence-electron chi connectivity index (χ1n) is 9.73. The van der Waals surface area contributed by atoms with Gasteiger partial charge in [0.05, 0.1) is 12.7 Å². The molecule has 0 spiro atoms. The summed E-state index contributed by atoms with van der Waals surface area (Å²) in [6, 6.07) is 13.2. The van der Waals surface area contributed by atoms with E-state index in [1.807, 2.05) is 6.07 Å². The van der Waals surface area contributed by atoms with Crippen molar-refractivity contribution in [1.82, 2.24) is 15.3 Å². The van der Waals surface area contributed by atoms with E-state index >= 15 is 0 Å². The highest BCUT2D eigenvalue weighted by Gasteiger charge is 2.23. The predicted molar refractivity (Wildman–Crippen MR) is 118 cm³/mol. The summed E-state index contributed by atoms with van der Waals surface area (Å²) in [5, 5.41) is 3.31. The van der Waals surface area contributed by atoms with Gasteiger partial charge in [0.15, 0.2) is 5.69 Å². The van der Waals surface area contributed by atoms with Gasteiger partial charge >= 0.3 is 7.27 Å². The van der Waals surface area contributed by atoms with Crippen LogP contribution in [0, 0.1) is 6.92 Å². The van der Waals surface area contributed by atoms with Gasteiger partial charge in [-0.2, -0.15) is 0 Å². The number of fused-ring (bicyclic) bond motifs is 1. The quantitative estimate of drug-likeness (QED) is 0.355. The molecular weight excluding hydrogens is 417 g/mol. The van der Waals surface area contributed by atoms with Gasteiger partial charge in [0.25, 0.3) is 5.91 Å². The zero-order valence-electron chi connectivity index (χ0n) is 17.4. The van der Waals surface area contributed by atoms with Crippen molar-refractivity contribution in [2.24, 2.45) is 0 Å². The lowest BCUT2D eigenvalue weighted by Crippen LogP contribution is -2.24. The van der Waals surface area contributed by atoms with E-state index in [4.69, 9.17) is 14.9 Å². The van der Waals surface area contributed by atoms with Crippen molar-refractivity contribution in [3.63, 3.8) is 0 Å². The van der Waals surface area contributed by atoms with Crippen LogP contribution in [0.1, 0.15) is 21.8 Å². The highest BCUT2D eigenvalue weighted by molar-refractivity contribution is 6.59. The molecule has 0 unspecified atom stereocenters. The first kappa shape index (κ1) is 21.3. The van der Waals surface area contributed by atoms with E-state index in [2.05, 4.69) is 15.3 Å². The van der Waals surface area contributed by atoms with E-state index in [1.165, 1.54) is 19.2 Å². The SMILES string of the molecule is COc1ccc(-c2nc(C(=O)NCc3cccc(N)c3)c(C)o2)c2ccc(B(F)F)nc12. The average molecular weight is 436 g/mol. The fourth-order valence-electron chi connectivity index (χ4n) is 3.37. The Kier molecular flexibility index (Phi) is 5.76. The molecule has 0 aliphatic rings. The van der Waals surface area contributed by atoms with Crippen molar-refractivity contribution in [2.75, 3.05) is 12.8 Å². The number of nitrogen functional groups attached to an aromatic ring is 1. The number of nitrogens with one attached hydrogen (secondary N) is 1. The maximum absolute atomic E-state index is 13.1. The van der Waals surface area contributed by atoms with Gasteiger partial charge in [-0.15, -0.1) is 0 Å². The molecule has 4 rings (SSSR count). The minimum Gasteiger partial charge on any atom is -0.494 e. The van der Waals surface area contributed by atoms with E-state index in [-0.39, 0.29) is 29.2 Å². The molecule has 7 nitrogen and oxygen atoms in total. The number of pyridine rings is 1. The number of benzene rings is 2. The Morgan fingerprint density at radius 1 is 1.19 bits per heavy atom. The number of rotatable bonds is 6. The van der Waals surface area contributed by atoms with Gasteiger partial charge in [-0.25, -0.2) is 4.98 Å². The number of aromatic nitrogens is 2. The molecule has 0 atom stereocenters. The Morgan fingerprint density at radius 3 is 2.72 bits per heavy atom. The molecule has 2 aromatic carbocycles. The van der Waals surface area contributed by atoms with Crippen LogP contribution in [0.15, 0.2) is 52.9 Å². The van der Waals surface area contributed by atoms with Crippen molar-refractivity contribution in [3.05, 3.63) is 65.5 Å². The number of hydrogen-bond donors (Lipinski definition) is 2. The summed E-state index contributed by atoms with van der Waals surface area (Å²) < 4.78 is 37.3. The second-order valence-corrected chi connectivity index (χ2v) is 7.10. The van der Waals surface area contributed by atoms with Gasteiger partial charge in [-0.05, 0) is 42.8 Å². The van der Waals surface area contributed by atoms with E-state index in [0.29, 0.717) is 28.1 Å². The van der Waals surface area contributed by atoms with Crippen LogP contribution in [0.25, 0.3) is 22.4 Å². The number of amides is 1. The largest absolute Gasteiger partial charge is 0.590 e. The van der Waals surface area contributed by atoms with Gasteiger partial charge in [-0.3, -0.25) is 18.4 Å². The van der Waals surface area contributed by atoms with Crippen molar-refractivity contribution in [3.8, 4) is 17.2 Å². The number of carbonyl (C=O) groups is 1. The fourth-order valence-corrected chi connectivity index (χ4v) is 3.37. The molecule has 0 aliphatic carbocycles. The summed E-state index contributed by atoms with van der Waals surface area (Å²) in [4.78, 5) is 21.1. The number of halogens is 2. The minimum atomic E-state index is -2.72. The van der Waals surface area contributed by atoms with Gasteiger partial charge in [0, 0.05) is 23.2 Å². The maximum atomic E-state index is 13.1.